The zero-order valence-corrected chi connectivity index (χ0v) is 13.2. The highest BCUT2D eigenvalue weighted by atomic mass is 16.5. The Balaban J connectivity index is 2.34. The van der Waals surface area contributed by atoms with Gasteiger partial charge in [0.2, 0.25) is 0 Å². The molecule has 110 valence electrons. The molecule has 1 aromatic carbocycles. The summed E-state index contributed by atoms with van der Waals surface area (Å²) in [5.41, 5.74) is 2.01. The molecule has 2 rings (SSSR count). The first-order valence-corrected chi connectivity index (χ1v) is 7.66. The van der Waals surface area contributed by atoms with Gasteiger partial charge in [0.15, 0.2) is 5.78 Å². The number of methoxy groups -OCH3 is 1. The molecule has 2 heteroatoms. The minimum atomic E-state index is 0.0495. The van der Waals surface area contributed by atoms with Gasteiger partial charge in [-0.25, -0.2) is 0 Å². The SMILES string of the molecule is COc1ccc(C(C)(C)C)cc1C(=O)C1CCCCC1. The average Bonchev–Trinajstić information content (AvgIpc) is 2.45. The van der Waals surface area contributed by atoms with Gasteiger partial charge >= 0.3 is 0 Å². The van der Waals surface area contributed by atoms with Gasteiger partial charge < -0.3 is 4.74 Å². The molecule has 2 nitrogen and oxygen atoms in total. The van der Waals surface area contributed by atoms with E-state index in [1.54, 1.807) is 7.11 Å². The van der Waals surface area contributed by atoms with Crippen molar-refractivity contribution in [3.63, 3.8) is 0 Å². The third-order valence-corrected chi connectivity index (χ3v) is 4.31. The Bertz CT molecular complexity index is 477. The highest BCUT2D eigenvalue weighted by Crippen LogP contribution is 2.33. The Morgan fingerprint density at radius 3 is 2.35 bits per heavy atom. The molecular formula is C18H26O2. The Morgan fingerprint density at radius 2 is 1.80 bits per heavy atom. The van der Waals surface area contributed by atoms with Crippen molar-refractivity contribution in [3.8, 4) is 5.75 Å². The summed E-state index contributed by atoms with van der Waals surface area (Å²) in [5.74, 6) is 1.18. The third kappa shape index (κ3) is 3.23. The molecule has 0 unspecified atom stereocenters. The Morgan fingerprint density at radius 1 is 1.15 bits per heavy atom. The topological polar surface area (TPSA) is 26.3 Å². The van der Waals surface area contributed by atoms with Crippen LogP contribution in [0.4, 0.5) is 0 Å². The second-order valence-electron chi connectivity index (χ2n) is 6.86. The van der Waals surface area contributed by atoms with E-state index in [9.17, 15) is 4.79 Å². The smallest absolute Gasteiger partial charge is 0.169 e. The Labute approximate surface area is 122 Å². The number of ether oxygens (including phenoxy) is 1. The largest absolute Gasteiger partial charge is 0.496 e. The van der Waals surface area contributed by atoms with Crippen LogP contribution in [-0.4, -0.2) is 12.9 Å². The molecule has 0 aliphatic heterocycles. The average molecular weight is 274 g/mol. The maximum Gasteiger partial charge on any atom is 0.169 e. The molecule has 1 aliphatic carbocycles. The summed E-state index contributed by atoms with van der Waals surface area (Å²) < 4.78 is 5.40. The van der Waals surface area contributed by atoms with Crippen LogP contribution in [-0.2, 0) is 5.41 Å². The van der Waals surface area contributed by atoms with Crippen molar-refractivity contribution in [1.29, 1.82) is 0 Å². The molecular weight excluding hydrogens is 248 g/mol. The second-order valence-corrected chi connectivity index (χ2v) is 6.86. The number of rotatable bonds is 3. The van der Waals surface area contributed by atoms with Crippen molar-refractivity contribution in [1.82, 2.24) is 0 Å². The molecule has 1 fully saturated rings. The van der Waals surface area contributed by atoms with Gasteiger partial charge in [0.05, 0.1) is 12.7 Å². The molecule has 1 aliphatic rings. The van der Waals surface area contributed by atoms with Crippen molar-refractivity contribution in [2.24, 2.45) is 5.92 Å². The van der Waals surface area contributed by atoms with Gasteiger partial charge in [-0.1, -0.05) is 46.1 Å². The molecule has 1 aromatic rings. The molecule has 0 spiro atoms. The molecule has 0 heterocycles. The predicted molar refractivity (Wildman–Crippen MR) is 82.6 cm³/mol. The van der Waals surface area contributed by atoms with Crippen LogP contribution in [0.2, 0.25) is 0 Å². The fourth-order valence-electron chi connectivity index (χ4n) is 2.95. The van der Waals surface area contributed by atoms with E-state index in [-0.39, 0.29) is 17.1 Å². The van der Waals surface area contributed by atoms with Crippen LogP contribution in [0.3, 0.4) is 0 Å². The van der Waals surface area contributed by atoms with Gasteiger partial charge in [-0.15, -0.1) is 0 Å². The van der Waals surface area contributed by atoms with Gasteiger partial charge in [0, 0.05) is 5.92 Å². The third-order valence-electron chi connectivity index (χ3n) is 4.31. The first-order valence-electron chi connectivity index (χ1n) is 7.66. The zero-order valence-electron chi connectivity index (χ0n) is 13.2. The van der Waals surface area contributed by atoms with E-state index in [2.05, 4.69) is 26.8 Å². The molecule has 0 radical (unpaired) electrons. The van der Waals surface area contributed by atoms with E-state index < -0.39 is 0 Å². The van der Waals surface area contributed by atoms with Crippen LogP contribution in [0, 0.1) is 5.92 Å². The quantitative estimate of drug-likeness (QED) is 0.743. The van der Waals surface area contributed by atoms with E-state index in [0.717, 1.165) is 18.4 Å². The number of carbonyl (C=O) groups excluding carboxylic acids is 1. The Kier molecular flexibility index (Phi) is 4.52. The van der Waals surface area contributed by atoms with Crippen LogP contribution < -0.4 is 4.74 Å². The first kappa shape index (κ1) is 15.1. The molecule has 1 saturated carbocycles. The van der Waals surface area contributed by atoms with E-state index in [0.29, 0.717) is 5.75 Å². The van der Waals surface area contributed by atoms with E-state index in [1.165, 1.54) is 24.8 Å². The van der Waals surface area contributed by atoms with Gasteiger partial charge in [0.25, 0.3) is 0 Å². The van der Waals surface area contributed by atoms with Crippen molar-refractivity contribution >= 4 is 5.78 Å². The maximum atomic E-state index is 12.8. The summed E-state index contributed by atoms with van der Waals surface area (Å²) in [4.78, 5) is 12.8. The number of carbonyl (C=O) groups is 1. The van der Waals surface area contributed by atoms with Crippen LogP contribution in [0.1, 0.15) is 68.8 Å². The first-order chi connectivity index (χ1) is 9.43. The number of Topliss-reactive ketones (excluding diaryl/α,β-unsaturated/α-hetero) is 1. The van der Waals surface area contributed by atoms with Crippen LogP contribution in [0.15, 0.2) is 18.2 Å². The lowest BCUT2D eigenvalue weighted by molar-refractivity contribution is 0.0886. The normalized spacial score (nSPS) is 17.0. The molecule has 0 aromatic heterocycles. The predicted octanol–water partition coefficient (Wildman–Crippen LogP) is 4.76. The van der Waals surface area contributed by atoms with Crippen molar-refractivity contribution in [2.75, 3.05) is 7.11 Å². The maximum absolute atomic E-state index is 12.8. The van der Waals surface area contributed by atoms with E-state index in [4.69, 9.17) is 4.74 Å². The van der Waals surface area contributed by atoms with Gasteiger partial charge in [-0.3, -0.25) is 4.79 Å². The lowest BCUT2D eigenvalue weighted by atomic mass is 9.81. The summed E-state index contributed by atoms with van der Waals surface area (Å²) >= 11 is 0. The monoisotopic (exact) mass is 274 g/mol. The molecule has 0 amide bonds. The molecule has 0 saturated heterocycles. The number of hydrogen-bond acceptors (Lipinski definition) is 2. The van der Waals surface area contributed by atoms with Crippen molar-refractivity contribution in [2.45, 2.75) is 58.3 Å². The molecule has 20 heavy (non-hydrogen) atoms. The summed E-state index contributed by atoms with van der Waals surface area (Å²) in [6.07, 6.45) is 5.68. The molecule has 0 atom stereocenters. The molecule has 0 N–H and O–H groups in total. The van der Waals surface area contributed by atoms with Crippen LogP contribution in [0.5, 0.6) is 5.75 Å². The van der Waals surface area contributed by atoms with Crippen molar-refractivity contribution in [3.05, 3.63) is 29.3 Å². The lowest BCUT2D eigenvalue weighted by Crippen LogP contribution is -2.20. The highest BCUT2D eigenvalue weighted by molar-refractivity contribution is 6.00. The number of hydrogen-bond donors (Lipinski definition) is 0. The van der Waals surface area contributed by atoms with Gasteiger partial charge in [0.1, 0.15) is 5.75 Å². The summed E-state index contributed by atoms with van der Waals surface area (Å²) in [6.45, 7) is 6.51. The Hall–Kier alpha value is -1.31. The van der Waals surface area contributed by atoms with Crippen LogP contribution >= 0.6 is 0 Å². The minimum absolute atomic E-state index is 0.0495. The zero-order chi connectivity index (χ0) is 14.8. The number of benzene rings is 1. The van der Waals surface area contributed by atoms with E-state index >= 15 is 0 Å². The van der Waals surface area contributed by atoms with Gasteiger partial charge in [-0.05, 0) is 36.0 Å². The summed E-state index contributed by atoms with van der Waals surface area (Å²) in [6, 6.07) is 6.04. The van der Waals surface area contributed by atoms with E-state index in [1.807, 2.05) is 12.1 Å². The molecule has 0 bridgehead atoms. The second kappa shape index (κ2) is 5.99. The summed E-state index contributed by atoms with van der Waals surface area (Å²) in [7, 11) is 1.64. The highest BCUT2D eigenvalue weighted by Gasteiger charge is 2.26. The fraction of sp³-hybridized carbons (Fsp3) is 0.611. The van der Waals surface area contributed by atoms with Crippen molar-refractivity contribution < 1.29 is 9.53 Å². The summed E-state index contributed by atoms with van der Waals surface area (Å²) in [5, 5.41) is 0. The van der Waals surface area contributed by atoms with Gasteiger partial charge in [-0.2, -0.15) is 0 Å². The standard InChI is InChI=1S/C18H26O2/c1-18(2,3)14-10-11-16(20-4)15(12-14)17(19)13-8-6-5-7-9-13/h10-13H,5-9H2,1-4H3. The lowest BCUT2D eigenvalue weighted by Gasteiger charge is -2.24. The minimum Gasteiger partial charge on any atom is -0.496 e. The van der Waals surface area contributed by atoms with Crippen LogP contribution in [0.25, 0.3) is 0 Å². The fourth-order valence-corrected chi connectivity index (χ4v) is 2.95. The number of ketones is 1.